The van der Waals surface area contributed by atoms with E-state index in [1.54, 1.807) is 0 Å². The van der Waals surface area contributed by atoms with Gasteiger partial charge in [0.1, 0.15) is 0 Å². The maximum absolute atomic E-state index is 9.78. The van der Waals surface area contributed by atoms with Gasteiger partial charge in [-0.1, -0.05) is 0 Å². The number of rotatable bonds is 3. The van der Waals surface area contributed by atoms with Crippen LogP contribution in [0, 0.1) is 0 Å². The Hall–Kier alpha value is -0.130. The maximum Gasteiger partial charge on any atom is 0.332 e. The molecule has 0 unspecified atom stereocenters. The topological polar surface area (TPSA) is 83.5 Å². The average Bonchev–Trinajstić information content (AvgIpc) is 1.67. The number of carboxylic acid groups (broad SMARTS) is 1. The Morgan fingerprint density at radius 1 is 1.67 bits per heavy atom. The van der Waals surface area contributed by atoms with Crippen LogP contribution in [0.5, 0.6) is 0 Å². The van der Waals surface area contributed by atoms with Crippen LogP contribution in [0.15, 0.2) is 0 Å². The number of aliphatic carboxylic acids is 1. The molecule has 0 aromatic rings. The highest BCUT2D eigenvalue weighted by atomic mass is 79.9. The molecule has 0 fully saturated rings. The summed E-state index contributed by atoms with van der Waals surface area (Å²) in [6.45, 7) is 0.202. The minimum Gasteiger partial charge on any atom is -0.479 e. The molecule has 0 amide bonds. The standard InChI is InChI=1S/C4H9NO3.BrH/c5-2-1-3(6)4(7)8;/h3,6H,1-2,5H2,(H,7,8);1H/t3-;/m1./s1. The third-order valence-electron chi connectivity index (χ3n) is 0.725. The molecule has 0 bridgehead atoms. The number of nitrogens with two attached hydrogens (primary N) is 1. The number of halogens is 1. The number of carbonyl (C=O) groups is 1. The largest absolute Gasteiger partial charge is 0.479 e. The van der Waals surface area contributed by atoms with E-state index in [4.69, 9.17) is 15.9 Å². The molecule has 0 aromatic heterocycles. The van der Waals surface area contributed by atoms with Gasteiger partial charge in [-0.2, -0.15) is 0 Å². The lowest BCUT2D eigenvalue weighted by Crippen LogP contribution is -2.22. The van der Waals surface area contributed by atoms with Crippen molar-refractivity contribution in [3.8, 4) is 0 Å². The number of aliphatic hydroxyl groups excluding tert-OH is 1. The van der Waals surface area contributed by atoms with Gasteiger partial charge in [0, 0.05) is 0 Å². The van der Waals surface area contributed by atoms with Crippen LogP contribution in [-0.2, 0) is 4.79 Å². The molecule has 1 atom stereocenters. The van der Waals surface area contributed by atoms with Crippen molar-refractivity contribution in [1.29, 1.82) is 0 Å². The fraction of sp³-hybridized carbons (Fsp3) is 0.750. The summed E-state index contributed by atoms with van der Waals surface area (Å²) in [5.41, 5.74) is 4.94. The van der Waals surface area contributed by atoms with Crippen molar-refractivity contribution in [2.24, 2.45) is 5.73 Å². The predicted octanol–water partition coefficient (Wildman–Crippen LogP) is -0.641. The summed E-state index contributed by atoms with van der Waals surface area (Å²) >= 11 is 0. The number of hydrogen-bond donors (Lipinski definition) is 3. The lowest BCUT2D eigenvalue weighted by atomic mass is 10.3. The second-order valence-corrected chi connectivity index (χ2v) is 1.43. The molecule has 0 aliphatic carbocycles. The molecule has 9 heavy (non-hydrogen) atoms. The molecule has 0 radical (unpaired) electrons. The minimum atomic E-state index is -1.29. The molecule has 0 saturated heterocycles. The van der Waals surface area contributed by atoms with E-state index in [2.05, 4.69) is 0 Å². The summed E-state index contributed by atoms with van der Waals surface area (Å²) in [5.74, 6) is -1.21. The first kappa shape index (κ1) is 11.6. The van der Waals surface area contributed by atoms with Crippen molar-refractivity contribution in [1.82, 2.24) is 0 Å². The number of carboxylic acids is 1. The molecule has 0 rings (SSSR count). The Morgan fingerprint density at radius 2 is 2.11 bits per heavy atom. The first-order chi connectivity index (χ1) is 3.68. The lowest BCUT2D eigenvalue weighted by Gasteiger charge is -1.99. The summed E-state index contributed by atoms with van der Waals surface area (Å²) in [6, 6.07) is 0. The Morgan fingerprint density at radius 3 is 2.22 bits per heavy atom. The highest BCUT2D eigenvalue weighted by Crippen LogP contribution is 1.86. The lowest BCUT2D eigenvalue weighted by molar-refractivity contribution is -0.146. The van der Waals surface area contributed by atoms with Gasteiger partial charge in [-0.05, 0) is 13.0 Å². The van der Waals surface area contributed by atoms with Crippen LogP contribution < -0.4 is 5.73 Å². The minimum absolute atomic E-state index is 0. The van der Waals surface area contributed by atoms with Crippen LogP contribution in [0.1, 0.15) is 6.42 Å². The summed E-state index contributed by atoms with van der Waals surface area (Å²) in [5, 5.41) is 16.5. The fourth-order valence-corrected chi connectivity index (χ4v) is 0.281. The quantitative estimate of drug-likeness (QED) is 0.565. The van der Waals surface area contributed by atoms with Crippen LogP contribution in [0.2, 0.25) is 0 Å². The van der Waals surface area contributed by atoms with Gasteiger partial charge in [0.2, 0.25) is 0 Å². The molecular formula is C4H10BrNO3. The van der Waals surface area contributed by atoms with E-state index in [-0.39, 0.29) is 29.9 Å². The summed E-state index contributed by atoms with van der Waals surface area (Å²) in [7, 11) is 0. The van der Waals surface area contributed by atoms with E-state index < -0.39 is 12.1 Å². The van der Waals surface area contributed by atoms with Gasteiger partial charge in [0.05, 0.1) is 0 Å². The van der Waals surface area contributed by atoms with Crippen molar-refractivity contribution in [2.75, 3.05) is 6.54 Å². The summed E-state index contributed by atoms with van der Waals surface area (Å²) < 4.78 is 0. The van der Waals surface area contributed by atoms with Gasteiger partial charge in [-0.3, -0.25) is 0 Å². The van der Waals surface area contributed by atoms with Crippen molar-refractivity contribution < 1.29 is 15.0 Å². The van der Waals surface area contributed by atoms with Crippen molar-refractivity contribution in [3.63, 3.8) is 0 Å². The Kier molecular flexibility index (Phi) is 7.76. The van der Waals surface area contributed by atoms with Gasteiger partial charge < -0.3 is 15.9 Å². The maximum atomic E-state index is 9.78. The van der Waals surface area contributed by atoms with Crippen molar-refractivity contribution in [2.45, 2.75) is 12.5 Å². The number of aliphatic hydroxyl groups is 1. The zero-order valence-electron chi connectivity index (χ0n) is 4.78. The monoisotopic (exact) mass is 199 g/mol. The summed E-state index contributed by atoms with van der Waals surface area (Å²) in [4.78, 5) is 9.78. The Labute approximate surface area is 63.4 Å². The highest BCUT2D eigenvalue weighted by Gasteiger charge is 2.09. The predicted molar refractivity (Wildman–Crippen MR) is 37.6 cm³/mol. The van der Waals surface area contributed by atoms with Gasteiger partial charge in [0.15, 0.2) is 6.10 Å². The fourth-order valence-electron chi connectivity index (χ4n) is 0.281. The average molecular weight is 200 g/mol. The second-order valence-electron chi connectivity index (χ2n) is 1.43. The molecule has 56 valence electrons. The first-order valence-corrected chi connectivity index (χ1v) is 2.29. The number of hydrogen-bond acceptors (Lipinski definition) is 3. The molecule has 0 heterocycles. The molecule has 0 aromatic carbocycles. The zero-order chi connectivity index (χ0) is 6.57. The van der Waals surface area contributed by atoms with Gasteiger partial charge in [-0.25, -0.2) is 4.79 Å². The van der Waals surface area contributed by atoms with Gasteiger partial charge in [0.25, 0.3) is 0 Å². The smallest absolute Gasteiger partial charge is 0.332 e. The first-order valence-electron chi connectivity index (χ1n) is 2.29. The molecule has 0 spiro atoms. The Bertz CT molecular complexity index is 87.9. The third-order valence-corrected chi connectivity index (χ3v) is 0.725. The van der Waals surface area contributed by atoms with E-state index in [0.717, 1.165) is 0 Å². The van der Waals surface area contributed by atoms with Gasteiger partial charge >= 0.3 is 5.97 Å². The van der Waals surface area contributed by atoms with Crippen LogP contribution in [0.25, 0.3) is 0 Å². The van der Waals surface area contributed by atoms with E-state index in [0.29, 0.717) is 0 Å². The Balaban J connectivity index is 0. The molecule has 0 aliphatic rings. The van der Waals surface area contributed by atoms with Crippen molar-refractivity contribution in [3.05, 3.63) is 0 Å². The molecule has 0 aliphatic heterocycles. The van der Waals surface area contributed by atoms with E-state index >= 15 is 0 Å². The van der Waals surface area contributed by atoms with Crippen molar-refractivity contribution >= 4 is 23.0 Å². The molecule has 4 N–H and O–H groups in total. The molecule has 4 nitrogen and oxygen atoms in total. The van der Waals surface area contributed by atoms with Gasteiger partial charge in [-0.15, -0.1) is 17.0 Å². The molecule has 5 heteroatoms. The van der Waals surface area contributed by atoms with E-state index in [1.165, 1.54) is 0 Å². The van der Waals surface area contributed by atoms with Crippen LogP contribution in [0.3, 0.4) is 0 Å². The molecule has 0 saturated carbocycles. The zero-order valence-corrected chi connectivity index (χ0v) is 6.49. The second kappa shape index (κ2) is 6.00. The normalized spacial score (nSPS) is 11.8. The van der Waals surface area contributed by atoms with E-state index in [1.807, 2.05) is 0 Å². The molecular weight excluding hydrogens is 190 g/mol. The van der Waals surface area contributed by atoms with E-state index in [9.17, 15) is 4.79 Å². The van der Waals surface area contributed by atoms with Crippen LogP contribution in [0.4, 0.5) is 0 Å². The SMILES string of the molecule is Br.NCC[C@@H](O)C(=O)O. The third kappa shape index (κ3) is 5.75. The summed E-state index contributed by atoms with van der Waals surface area (Å²) in [6.07, 6.45) is -1.17. The highest BCUT2D eigenvalue weighted by molar-refractivity contribution is 8.93. The van der Waals surface area contributed by atoms with Crippen LogP contribution in [-0.4, -0.2) is 28.8 Å². The van der Waals surface area contributed by atoms with Crippen LogP contribution >= 0.6 is 17.0 Å².